The summed E-state index contributed by atoms with van der Waals surface area (Å²) in [6.45, 7) is 4.28. The van der Waals surface area contributed by atoms with E-state index in [-0.39, 0.29) is 6.61 Å². The van der Waals surface area contributed by atoms with Crippen molar-refractivity contribution in [3.8, 4) is 0 Å². The smallest absolute Gasteiger partial charge is 0.0621 e. The summed E-state index contributed by atoms with van der Waals surface area (Å²) in [4.78, 5) is 2.11. The summed E-state index contributed by atoms with van der Waals surface area (Å²) in [5.74, 6) is 0. The molecule has 80 valence electrons. The van der Waals surface area contributed by atoms with Crippen LogP contribution in [0.15, 0.2) is 0 Å². The fraction of sp³-hybridized carbons (Fsp3) is 1.00. The average Bonchev–Trinajstić information content (AvgIpc) is 2.04. The van der Waals surface area contributed by atoms with Crippen LogP contribution in [0.3, 0.4) is 0 Å². The lowest BCUT2D eigenvalue weighted by Gasteiger charge is -2.28. The van der Waals surface area contributed by atoms with Crippen molar-refractivity contribution in [2.24, 2.45) is 5.73 Å². The maximum Gasteiger partial charge on any atom is 0.0621 e. The Balaban J connectivity index is 3.55. The molecular weight excluding hydrogens is 168 g/mol. The topological polar surface area (TPSA) is 58.7 Å². The Bertz CT molecular complexity index is 129. The number of ether oxygens (including phenoxy) is 1. The highest BCUT2D eigenvalue weighted by atomic mass is 16.5. The van der Waals surface area contributed by atoms with E-state index in [1.807, 2.05) is 14.0 Å². The molecule has 0 amide bonds. The molecule has 0 saturated carbocycles. The molecule has 1 unspecified atom stereocenters. The minimum atomic E-state index is -0.498. The summed E-state index contributed by atoms with van der Waals surface area (Å²) in [7, 11) is 3.69. The number of methoxy groups -OCH3 is 1. The summed E-state index contributed by atoms with van der Waals surface area (Å²) in [6, 6.07) is 0. The van der Waals surface area contributed by atoms with Crippen LogP contribution in [0.5, 0.6) is 0 Å². The molecule has 0 aliphatic heterocycles. The predicted octanol–water partition coefficient (Wildman–Crippen LogP) is -0.336. The number of nitrogens with zero attached hydrogens (tertiary/aromatic N) is 1. The van der Waals surface area contributed by atoms with Gasteiger partial charge in [0.2, 0.25) is 0 Å². The van der Waals surface area contributed by atoms with Crippen LogP contribution in [0, 0.1) is 0 Å². The molecule has 1 atom stereocenters. The van der Waals surface area contributed by atoms with Gasteiger partial charge in [-0.1, -0.05) is 0 Å². The van der Waals surface area contributed by atoms with E-state index < -0.39 is 5.54 Å². The standard InChI is InChI=1S/C9H22N2O2/c1-9(10,8-12)7-11(2)5-4-6-13-3/h12H,4-8,10H2,1-3H3. The molecule has 0 aromatic rings. The third-order valence-electron chi connectivity index (χ3n) is 1.88. The van der Waals surface area contributed by atoms with Gasteiger partial charge in [0, 0.05) is 32.3 Å². The lowest BCUT2D eigenvalue weighted by atomic mass is 10.1. The molecule has 4 nitrogen and oxygen atoms in total. The Morgan fingerprint density at radius 2 is 2.15 bits per heavy atom. The van der Waals surface area contributed by atoms with Crippen molar-refractivity contribution >= 4 is 0 Å². The lowest BCUT2D eigenvalue weighted by Crippen LogP contribution is -2.49. The van der Waals surface area contributed by atoms with Crippen molar-refractivity contribution in [3.05, 3.63) is 0 Å². The van der Waals surface area contributed by atoms with Crippen molar-refractivity contribution in [2.75, 3.05) is 40.5 Å². The quantitative estimate of drug-likeness (QED) is 0.539. The molecule has 0 aromatic carbocycles. The Hall–Kier alpha value is -0.160. The molecule has 0 fully saturated rings. The maximum atomic E-state index is 8.94. The molecular formula is C9H22N2O2. The third kappa shape index (κ3) is 6.95. The van der Waals surface area contributed by atoms with E-state index in [4.69, 9.17) is 15.6 Å². The fourth-order valence-electron chi connectivity index (χ4n) is 1.22. The van der Waals surface area contributed by atoms with Gasteiger partial charge in [-0.3, -0.25) is 0 Å². The van der Waals surface area contributed by atoms with Crippen LogP contribution in [0.2, 0.25) is 0 Å². The first-order valence-electron chi connectivity index (χ1n) is 4.59. The Kier molecular flexibility index (Phi) is 6.24. The predicted molar refractivity (Wildman–Crippen MR) is 53.7 cm³/mol. The van der Waals surface area contributed by atoms with Gasteiger partial charge in [-0.05, 0) is 20.4 Å². The lowest BCUT2D eigenvalue weighted by molar-refractivity contribution is 0.146. The van der Waals surface area contributed by atoms with Gasteiger partial charge in [-0.15, -0.1) is 0 Å². The minimum Gasteiger partial charge on any atom is -0.394 e. The van der Waals surface area contributed by atoms with Gasteiger partial charge in [0.05, 0.1) is 6.61 Å². The molecule has 0 aliphatic rings. The van der Waals surface area contributed by atoms with Gasteiger partial charge in [-0.25, -0.2) is 0 Å². The normalized spacial score (nSPS) is 16.2. The maximum absolute atomic E-state index is 8.94. The van der Waals surface area contributed by atoms with Gasteiger partial charge in [0.1, 0.15) is 0 Å². The van der Waals surface area contributed by atoms with Crippen molar-refractivity contribution in [2.45, 2.75) is 18.9 Å². The van der Waals surface area contributed by atoms with E-state index in [1.165, 1.54) is 0 Å². The Morgan fingerprint density at radius 1 is 1.54 bits per heavy atom. The molecule has 4 heteroatoms. The molecule has 0 aliphatic carbocycles. The largest absolute Gasteiger partial charge is 0.394 e. The van der Waals surface area contributed by atoms with E-state index in [1.54, 1.807) is 7.11 Å². The summed E-state index contributed by atoms with van der Waals surface area (Å²) in [5, 5.41) is 8.94. The van der Waals surface area contributed by atoms with Crippen LogP contribution in [0.25, 0.3) is 0 Å². The number of aliphatic hydroxyl groups excluding tert-OH is 1. The van der Waals surface area contributed by atoms with Crippen molar-refractivity contribution in [1.29, 1.82) is 0 Å². The second-order valence-electron chi connectivity index (χ2n) is 3.90. The number of aliphatic hydroxyl groups is 1. The van der Waals surface area contributed by atoms with Gasteiger partial charge < -0.3 is 20.5 Å². The van der Waals surface area contributed by atoms with Gasteiger partial charge in [0.15, 0.2) is 0 Å². The number of hydrogen-bond acceptors (Lipinski definition) is 4. The molecule has 0 rings (SSSR count). The number of likely N-dealkylation sites (N-methyl/N-ethyl adjacent to an activating group) is 1. The molecule has 0 heterocycles. The van der Waals surface area contributed by atoms with Crippen molar-refractivity contribution in [3.63, 3.8) is 0 Å². The highest BCUT2D eigenvalue weighted by Gasteiger charge is 2.18. The van der Waals surface area contributed by atoms with Crippen molar-refractivity contribution in [1.82, 2.24) is 4.90 Å². The molecule has 0 bridgehead atoms. The highest BCUT2D eigenvalue weighted by Crippen LogP contribution is 2.00. The van der Waals surface area contributed by atoms with Crippen LogP contribution in [0.4, 0.5) is 0 Å². The van der Waals surface area contributed by atoms with Crippen molar-refractivity contribution < 1.29 is 9.84 Å². The van der Waals surface area contributed by atoms with E-state index in [0.717, 1.165) is 19.6 Å². The molecule has 0 saturated heterocycles. The molecule has 3 N–H and O–H groups in total. The first-order chi connectivity index (χ1) is 6.02. The Morgan fingerprint density at radius 3 is 2.62 bits per heavy atom. The van der Waals surface area contributed by atoms with Crippen LogP contribution >= 0.6 is 0 Å². The van der Waals surface area contributed by atoms with Crippen LogP contribution < -0.4 is 5.73 Å². The monoisotopic (exact) mass is 190 g/mol. The minimum absolute atomic E-state index is 0.0155. The zero-order valence-corrected chi connectivity index (χ0v) is 8.92. The third-order valence-corrected chi connectivity index (χ3v) is 1.88. The van der Waals surface area contributed by atoms with E-state index >= 15 is 0 Å². The van der Waals surface area contributed by atoms with E-state index in [0.29, 0.717) is 6.54 Å². The van der Waals surface area contributed by atoms with E-state index in [9.17, 15) is 0 Å². The molecule has 0 aromatic heterocycles. The highest BCUT2D eigenvalue weighted by molar-refractivity contribution is 4.80. The second-order valence-corrected chi connectivity index (χ2v) is 3.90. The zero-order chi connectivity index (χ0) is 10.3. The van der Waals surface area contributed by atoms with Crippen LogP contribution in [-0.2, 0) is 4.74 Å². The average molecular weight is 190 g/mol. The second kappa shape index (κ2) is 6.32. The van der Waals surface area contributed by atoms with Gasteiger partial charge >= 0.3 is 0 Å². The van der Waals surface area contributed by atoms with Gasteiger partial charge in [0.25, 0.3) is 0 Å². The first-order valence-corrected chi connectivity index (χ1v) is 4.59. The van der Waals surface area contributed by atoms with Crippen LogP contribution in [0.1, 0.15) is 13.3 Å². The summed E-state index contributed by atoms with van der Waals surface area (Å²) < 4.78 is 4.94. The Labute approximate surface area is 80.7 Å². The number of nitrogens with two attached hydrogens (primary N) is 1. The zero-order valence-electron chi connectivity index (χ0n) is 8.92. The fourth-order valence-corrected chi connectivity index (χ4v) is 1.22. The molecule has 0 spiro atoms. The SMILES string of the molecule is COCCCN(C)CC(C)(N)CO. The summed E-state index contributed by atoms with van der Waals surface area (Å²) >= 11 is 0. The van der Waals surface area contributed by atoms with Gasteiger partial charge in [-0.2, -0.15) is 0 Å². The molecule has 13 heavy (non-hydrogen) atoms. The first kappa shape index (κ1) is 12.8. The van der Waals surface area contributed by atoms with E-state index in [2.05, 4.69) is 4.90 Å². The van der Waals surface area contributed by atoms with Crippen LogP contribution in [-0.4, -0.2) is 56.0 Å². The summed E-state index contributed by atoms with van der Waals surface area (Å²) in [6.07, 6.45) is 0.995. The number of rotatable bonds is 7. The summed E-state index contributed by atoms with van der Waals surface area (Å²) in [5.41, 5.74) is 5.30. The molecule has 0 radical (unpaired) electrons. The number of hydrogen-bond donors (Lipinski definition) is 2.